The lowest BCUT2D eigenvalue weighted by Gasteiger charge is -2.10. The van der Waals surface area contributed by atoms with Gasteiger partial charge in [0.1, 0.15) is 0 Å². The third-order valence-electron chi connectivity index (χ3n) is 3.25. The van der Waals surface area contributed by atoms with Crippen LogP contribution in [-0.4, -0.2) is 21.1 Å². The van der Waals surface area contributed by atoms with Gasteiger partial charge in [-0.2, -0.15) is 10.2 Å². The summed E-state index contributed by atoms with van der Waals surface area (Å²) in [6.07, 6.45) is 5.50. The van der Waals surface area contributed by atoms with Crippen molar-refractivity contribution in [3.05, 3.63) is 46.0 Å². The van der Waals surface area contributed by atoms with Crippen molar-refractivity contribution in [3.8, 4) is 0 Å². The van der Waals surface area contributed by atoms with Crippen LogP contribution >= 0.6 is 15.9 Å². The number of anilines is 1. The zero-order chi connectivity index (χ0) is 14.1. The molecule has 1 fully saturated rings. The number of hydrogen-bond acceptors (Lipinski definition) is 4. The highest BCUT2D eigenvalue weighted by molar-refractivity contribution is 9.10. The highest BCUT2D eigenvalue weighted by Crippen LogP contribution is 2.41. The van der Waals surface area contributed by atoms with Gasteiger partial charge in [0.25, 0.3) is 5.91 Å². The Bertz CT molecular complexity index is 670. The summed E-state index contributed by atoms with van der Waals surface area (Å²) >= 11 is 3.37. The fraction of sp³-hybridized carbons (Fsp3) is 0.286. The molecule has 0 atom stereocenters. The van der Waals surface area contributed by atoms with E-state index in [9.17, 15) is 4.79 Å². The van der Waals surface area contributed by atoms with Gasteiger partial charge >= 0.3 is 0 Å². The van der Waals surface area contributed by atoms with E-state index in [-0.39, 0.29) is 5.91 Å². The first-order valence-corrected chi connectivity index (χ1v) is 7.19. The fourth-order valence-electron chi connectivity index (χ4n) is 2.04. The standard InChI is InChI=1S/C14H13BrN4O/c1-8-12(4-5-17-19-8)18-14(20)11-6-10(15)7-16-13(11)9-2-3-9/h4-7,9H,2-3H2,1H3,(H,17,18,20). The summed E-state index contributed by atoms with van der Waals surface area (Å²) in [6.45, 7) is 1.81. The number of nitrogens with one attached hydrogen (secondary N) is 1. The lowest BCUT2D eigenvalue weighted by Crippen LogP contribution is -2.16. The highest BCUT2D eigenvalue weighted by Gasteiger charge is 2.29. The van der Waals surface area contributed by atoms with E-state index in [0.717, 1.165) is 23.0 Å². The van der Waals surface area contributed by atoms with Crippen LogP contribution in [0.4, 0.5) is 5.69 Å². The van der Waals surface area contributed by atoms with E-state index in [0.29, 0.717) is 22.9 Å². The van der Waals surface area contributed by atoms with E-state index in [1.807, 2.05) is 13.0 Å². The second-order valence-electron chi connectivity index (χ2n) is 4.85. The van der Waals surface area contributed by atoms with Crippen LogP contribution in [0.25, 0.3) is 0 Å². The molecule has 1 aliphatic carbocycles. The molecule has 0 bridgehead atoms. The molecule has 3 rings (SSSR count). The number of aromatic nitrogens is 3. The summed E-state index contributed by atoms with van der Waals surface area (Å²) in [5, 5.41) is 10.6. The van der Waals surface area contributed by atoms with E-state index in [4.69, 9.17) is 0 Å². The van der Waals surface area contributed by atoms with Gasteiger partial charge in [-0.25, -0.2) is 0 Å². The van der Waals surface area contributed by atoms with Crippen molar-refractivity contribution >= 4 is 27.5 Å². The Kier molecular flexibility index (Phi) is 3.48. The lowest BCUT2D eigenvalue weighted by atomic mass is 10.1. The van der Waals surface area contributed by atoms with Crippen molar-refractivity contribution in [2.45, 2.75) is 25.7 Å². The maximum Gasteiger partial charge on any atom is 0.257 e. The summed E-state index contributed by atoms with van der Waals surface area (Å²) < 4.78 is 0.802. The number of amides is 1. The third-order valence-corrected chi connectivity index (χ3v) is 3.68. The predicted octanol–water partition coefficient (Wildman–Crippen LogP) is 3.07. The van der Waals surface area contributed by atoms with Crippen LogP contribution in [0.1, 0.15) is 40.5 Å². The predicted molar refractivity (Wildman–Crippen MR) is 78.6 cm³/mol. The molecule has 2 heterocycles. The maximum atomic E-state index is 12.5. The number of halogens is 1. The molecule has 5 nitrogen and oxygen atoms in total. The molecule has 1 aliphatic rings. The second kappa shape index (κ2) is 5.28. The van der Waals surface area contributed by atoms with Crippen molar-refractivity contribution in [1.82, 2.24) is 15.2 Å². The molecular weight excluding hydrogens is 320 g/mol. The Balaban J connectivity index is 1.91. The monoisotopic (exact) mass is 332 g/mol. The van der Waals surface area contributed by atoms with Crippen LogP contribution in [0, 0.1) is 6.92 Å². The maximum absolute atomic E-state index is 12.5. The molecule has 0 spiro atoms. The summed E-state index contributed by atoms with van der Waals surface area (Å²) in [7, 11) is 0. The minimum Gasteiger partial charge on any atom is -0.320 e. The average Bonchev–Trinajstić information content (AvgIpc) is 3.25. The van der Waals surface area contributed by atoms with E-state index in [2.05, 4.69) is 36.4 Å². The van der Waals surface area contributed by atoms with Crippen LogP contribution in [0.2, 0.25) is 0 Å². The largest absolute Gasteiger partial charge is 0.320 e. The molecular formula is C14H13BrN4O. The quantitative estimate of drug-likeness (QED) is 0.937. The highest BCUT2D eigenvalue weighted by atomic mass is 79.9. The Morgan fingerprint density at radius 3 is 2.95 bits per heavy atom. The second-order valence-corrected chi connectivity index (χ2v) is 5.76. The van der Waals surface area contributed by atoms with E-state index in [1.54, 1.807) is 18.5 Å². The van der Waals surface area contributed by atoms with Crippen LogP contribution < -0.4 is 5.32 Å². The summed E-state index contributed by atoms with van der Waals surface area (Å²) in [5.74, 6) is 0.261. The summed E-state index contributed by atoms with van der Waals surface area (Å²) in [5.41, 5.74) is 2.87. The van der Waals surface area contributed by atoms with Crippen molar-refractivity contribution in [2.75, 3.05) is 5.32 Å². The molecule has 2 aromatic rings. The smallest absolute Gasteiger partial charge is 0.257 e. The molecule has 2 aromatic heterocycles. The zero-order valence-electron chi connectivity index (χ0n) is 10.9. The summed E-state index contributed by atoms with van der Waals surface area (Å²) in [4.78, 5) is 16.8. The van der Waals surface area contributed by atoms with Crippen LogP contribution in [0.5, 0.6) is 0 Å². The Labute approximate surface area is 125 Å². The number of carbonyl (C=O) groups is 1. The van der Waals surface area contributed by atoms with Gasteiger partial charge in [-0.1, -0.05) is 0 Å². The molecule has 0 unspecified atom stereocenters. The van der Waals surface area contributed by atoms with Crippen molar-refractivity contribution in [3.63, 3.8) is 0 Å². The number of carbonyl (C=O) groups excluding carboxylic acids is 1. The normalized spacial score (nSPS) is 14.1. The molecule has 0 aromatic carbocycles. The van der Waals surface area contributed by atoms with Gasteiger partial charge in [0, 0.05) is 16.6 Å². The van der Waals surface area contributed by atoms with Gasteiger partial charge in [0.2, 0.25) is 0 Å². The Morgan fingerprint density at radius 2 is 2.25 bits per heavy atom. The van der Waals surface area contributed by atoms with E-state index >= 15 is 0 Å². The Morgan fingerprint density at radius 1 is 1.45 bits per heavy atom. The van der Waals surface area contributed by atoms with Gasteiger partial charge in [0.15, 0.2) is 0 Å². The van der Waals surface area contributed by atoms with Crippen molar-refractivity contribution in [2.24, 2.45) is 0 Å². The van der Waals surface area contributed by atoms with Gasteiger partial charge in [-0.15, -0.1) is 0 Å². The number of rotatable bonds is 3. The molecule has 0 saturated heterocycles. The topological polar surface area (TPSA) is 67.8 Å². The lowest BCUT2D eigenvalue weighted by molar-refractivity contribution is 0.102. The molecule has 102 valence electrons. The van der Waals surface area contributed by atoms with Crippen LogP contribution in [0.3, 0.4) is 0 Å². The first kappa shape index (κ1) is 13.2. The minimum absolute atomic E-state index is 0.156. The van der Waals surface area contributed by atoms with Gasteiger partial charge in [-0.3, -0.25) is 9.78 Å². The molecule has 20 heavy (non-hydrogen) atoms. The summed E-state index contributed by atoms with van der Waals surface area (Å²) in [6, 6.07) is 3.56. The molecule has 1 amide bonds. The van der Waals surface area contributed by atoms with Gasteiger partial charge in [-0.05, 0) is 47.8 Å². The van der Waals surface area contributed by atoms with E-state index < -0.39 is 0 Å². The van der Waals surface area contributed by atoms with E-state index in [1.165, 1.54) is 0 Å². The number of nitrogens with zero attached hydrogens (tertiary/aromatic N) is 3. The molecule has 1 N–H and O–H groups in total. The molecule has 0 radical (unpaired) electrons. The van der Waals surface area contributed by atoms with Crippen molar-refractivity contribution < 1.29 is 4.79 Å². The number of aryl methyl sites for hydroxylation is 1. The molecule has 0 aliphatic heterocycles. The zero-order valence-corrected chi connectivity index (χ0v) is 12.5. The average molecular weight is 333 g/mol. The van der Waals surface area contributed by atoms with Crippen LogP contribution in [0.15, 0.2) is 29.0 Å². The molecule has 6 heteroatoms. The Hall–Kier alpha value is -1.82. The number of hydrogen-bond donors (Lipinski definition) is 1. The third kappa shape index (κ3) is 2.70. The first-order chi connectivity index (χ1) is 9.65. The minimum atomic E-state index is -0.156. The first-order valence-electron chi connectivity index (χ1n) is 6.40. The van der Waals surface area contributed by atoms with Crippen LogP contribution in [-0.2, 0) is 0 Å². The fourth-order valence-corrected chi connectivity index (χ4v) is 2.37. The molecule has 1 saturated carbocycles. The van der Waals surface area contributed by atoms with Gasteiger partial charge < -0.3 is 5.32 Å². The SMILES string of the molecule is Cc1nnccc1NC(=O)c1cc(Br)cnc1C1CC1. The van der Waals surface area contributed by atoms with Gasteiger partial charge in [0.05, 0.1) is 28.8 Å². The van der Waals surface area contributed by atoms with Crippen molar-refractivity contribution in [1.29, 1.82) is 0 Å². The number of pyridine rings is 1.